The normalized spacial score (nSPS) is 12.2. The lowest BCUT2D eigenvalue weighted by Crippen LogP contribution is -2.03. The Labute approximate surface area is 311 Å². The largest absolute Gasteiger partial charge is 0.292 e. The van der Waals surface area contributed by atoms with Crippen LogP contribution in [0.2, 0.25) is 0 Å². The van der Waals surface area contributed by atoms with Crippen molar-refractivity contribution in [1.29, 1.82) is 0 Å². The highest BCUT2D eigenvalue weighted by Gasteiger charge is 2.23. The summed E-state index contributed by atoms with van der Waals surface area (Å²) >= 11 is 3.60. The van der Waals surface area contributed by atoms with E-state index >= 15 is 0 Å². The van der Waals surface area contributed by atoms with Gasteiger partial charge < -0.3 is 0 Å². The van der Waals surface area contributed by atoms with E-state index in [2.05, 4.69) is 168 Å². The molecular formula is C48H27N3S2. The summed E-state index contributed by atoms with van der Waals surface area (Å²) in [6.07, 6.45) is 0. The maximum Gasteiger partial charge on any atom is 0.166 e. The zero-order chi connectivity index (χ0) is 34.6. The summed E-state index contributed by atoms with van der Waals surface area (Å²) in [5.41, 5.74) is 7.58. The zero-order valence-corrected chi connectivity index (χ0v) is 29.9. The lowest BCUT2D eigenvalue weighted by atomic mass is 10.0. The van der Waals surface area contributed by atoms with Crippen LogP contribution < -0.4 is 0 Å². The minimum Gasteiger partial charge on any atom is -0.292 e. The van der Waals surface area contributed by atoms with E-state index in [1.807, 2.05) is 11.3 Å². The van der Waals surface area contributed by atoms with Crippen molar-refractivity contribution in [3.05, 3.63) is 164 Å². The third-order valence-corrected chi connectivity index (χ3v) is 13.0. The van der Waals surface area contributed by atoms with Crippen LogP contribution in [0.15, 0.2) is 164 Å². The molecule has 3 nitrogen and oxygen atoms in total. The van der Waals surface area contributed by atoms with Gasteiger partial charge in [-0.3, -0.25) is 4.57 Å². The molecule has 8 aromatic carbocycles. The number of fused-ring (bicyclic) bond motifs is 12. The van der Waals surface area contributed by atoms with E-state index < -0.39 is 0 Å². The fourth-order valence-corrected chi connectivity index (χ4v) is 10.6. The third kappa shape index (κ3) is 4.26. The van der Waals surface area contributed by atoms with Gasteiger partial charge in [-0.05, 0) is 63.0 Å². The van der Waals surface area contributed by atoms with Crippen LogP contribution in [-0.2, 0) is 0 Å². The van der Waals surface area contributed by atoms with Gasteiger partial charge in [-0.25, -0.2) is 9.97 Å². The molecule has 0 bridgehead atoms. The molecule has 0 amide bonds. The number of hydrogen-bond acceptors (Lipinski definition) is 4. The number of benzene rings is 8. The van der Waals surface area contributed by atoms with Gasteiger partial charge in [0, 0.05) is 46.6 Å². The van der Waals surface area contributed by atoms with E-state index in [0.717, 1.165) is 43.8 Å². The molecule has 0 aliphatic heterocycles. The smallest absolute Gasteiger partial charge is 0.166 e. The molecule has 246 valence electrons. The van der Waals surface area contributed by atoms with Gasteiger partial charge in [0.2, 0.25) is 0 Å². The molecule has 0 saturated heterocycles. The van der Waals surface area contributed by atoms with Gasteiger partial charge in [-0.2, -0.15) is 0 Å². The van der Waals surface area contributed by atoms with Crippen molar-refractivity contribution in [3.8, 4) is 28.2 Å². The number of hydrogen-bond donors (Lipinski definition) is 0. The summed E-state index contributed by atoms with van der Waals surface area (Å²) in [5, 5.41) is 11.1. The predicted molar refractivity (Wildman–Crippen MR) is 228 cm³/mol. The summed E-state index contributed by atoms with van der Waals surface area (Å²) in [5.74, 6) is 0.844. The van der Waals surface area contributed by atoms with Crippen molar-refractivity contribution in [2.24, 2.45) is 0 Å². The Bertz CT molecular complexity index is 3460. The Morgan fingerprint density at radius 2 is 1.19 bits per heavy atom. The van der Waals surface area contributed by atoms with E-state index in [1.54, 1.807) is 11.3 Å². The molecule has 12 rings (SSSR count). The Morgan fingerprint density at radius 3 is 2.08 bits per heavy atom. The highest BCUT2D eigenvalue weighted by Crippen LogP contribution is 2.44. The third-order valence-electron chi connectivity index (χ3n) is 10.8. The van der Waals surface area contributed by atoms with Crippen LogP contribution in [0.4, 0.5) is 0 Å². The second-order valence-electron chi connectivity index (χ2n) is 13.7. The first-order valence-electron chi connectivity index (χ1n) is 17.8. The fraction of sp³-hybridized carbons (Fsp3) is 0. The van der Waals surface area contributed by atoms with Crippen molar-refractivity contribution in [1.82, 2.24) is 14.5 Å². The Balaban J connectivity index is 1.15. The lowest BCUT2D eigenvalue weighted by Gasteiger charge is -2.13. The number of aromatic nitrogens is 3. The average molecular weight is 710 g/mol. The molecule has 53 heavy (non-hydrogen) atoms. The van der Waals surface area contributed by atoms with E-state index in [-0.39, 0.29) is 0 Å². The zero-order valence-electron chi connectivity index (χ0n) is 28.2. The van der Waals surface area contributed by atoms with Crippen molar-refractivity contribution in [2.75, 3.05) is 0 Å². The topological polar surface area (TPSA) is 30.7 Å². The molecule has 12 aromatic rings. The van der Waals surface area contributed by atoms with Gasteiger partial charge in [0.15, 0.2) is 5.82 Å². The van der Waals surface area contributed by atoms with Gasteiger partial charge in [-0.1, -0.05) is 133 Å². The van der Waals surface area contributed by atoms with Crippen molar-refractivity contribution in [2.45, 2.75) is 0 Å². The molecule has 0 atom stereocenters. The summed E-state index contributed by atoms with van der Waals surface area (Å²) < 4.78 is 6.19. The minimum atomic E-state index is 0.844. The summed E-state index contributed by atoms with van der Waals surface area (Å²) in [6, 6.07) is 59.3. The molecule has 0 unspecified atom stereocenters. The second-order valence-corrected chi connectivity index (χ2v) is 15.8. The molecule has 0 radical (unpaired) electrons. The first kappa shape index (κ1) is 29.2. The van der Waals surface area contributed by atoms with Crippen LogP contribution in [0, 0.1) is 0 Å². The first-order valence-corrected chi connectivity index (χ1v) is 19.5. The quantitative estimate of drug-likeness (QED) is 0.183. The lowest BCUT2D eigenvalue weighted by molar-refractivity contribution is 1.09. The van der Waals surface area contributed by atoms with Crippen LogP contribution >= 0.6 is 22.7 Å². The van der Waals surface area contributed by atoms with Crippen LogP contribution in [-0.4, -0.2) is 14.5 Å². The molecule has 0 aliphatic carbocycles. The van der Waals surface area contributed by atoms with E-state index in [0.29, 0.717) is 0 Å². The molecule has 0 aliphatic rings. The molecule has 4 heterocycles. The van der Waals surface area contributed by atoms with Crippen LogP contribution in [0.25, 0.3) is 112 Å². The molecule has 4 aromatic heterocycles. The fourth-order valence-electron chi connectivity index (χ4n) is 8.35. The van der Waals surface area contributed by atoms with Gasteiger partial charge in [0.25, 0.3) is 0 Å². The van der Waals surface area contributed by atoms with Gasteiger partial charge >= 0.3 is 0 Å². The van der Waals surface area contributed by atoms with Crippen LogP contribution in [0.3, 0.4) is 0 Å². The monoisotopic (exact) mass is 709 g/mol. The molecular weight excluding hydrogens is 683 g/mol. The van der Waals surface area contributed by atoms with Gasteiger partial charge in [0.1, 0.15) is 16.0 Å². The van der Waals surface area contributed by atoms with Gasteiger partial charge in [0.05, 0.1) is 11.0 Å². The standard InChI is InChI=1S/C48H27N3S2/c1-2-12-29(13-3-1)44-47(51-39-24-22-28-11-6-7-16-33(28)43(39)38-25-30-14-4-5-15-31(30)26-40(38)51)50-48-45(49-44)37-23-21-32(27-42(37)53-48)34-18-10-19-36-35-17-8-9-20-41(35)52-46(34)36/h1-27H. The minimum absolute atomic E-state index is 0.844. The molecule has 0 N–H and O–H groups in total. The maximum absolute atomic E-state index is 5.59. The van der Waals surface area contributed by atoms with E-state index in [1.165, 1.54) is 68.3 Å². The van der Waals surface area contributed by atoms with E-state index in [9.17, 15) is 0 Å². The summed E-state index contributed by atoms with van der Waals surface area (Å²) in [6.45, 7) is 0. The predicted octanol–water partition coefficient (Wildman–Crippen LogP) is 13.9. The second kappa shape index (κ2) is 11.1. The summed E-state index contributed by atoms with van der Waals surface area (Å²) in [4.78, 5) is 12.1. The maximum atomic E-state index is 5.59. The van der Waals surface area contributed by atoms with Crippen LogP contribution in [0.5, 0.6) is 0 Å². The summed E-state index contributed by atoms with van der Waals surface area (Å²) in [7, 11) is 0. The molecule has 0 fully saturated rings. The molecule has 0 saturated carbocycles. The molecule has 0 spiro atoms. The van der Waals surface area contributed by atoms with Crippen LogP contribution in [0.1, 0.15) is 0 Å². The Kier molecular flexibility index (Phi) is 6.09. The highest BCUT2D eigenvalue weighted by atomic mass is 32.1. The first-order chi connectivity index (χ1) is 26.3. The average Bonchev–Trinajstić information content (AvgIpc) is 3.88. The highest BCUT2D eigenvalue weighted by molar-refractivity contribution is 7.26. The van der Waals surface area contributed by atoms with Gasteiger partial charge in [-0.15, -0.1) is 22.7 Å². The van der Waals surface area contributed by atoms with Crippen molar-refractivity contribution < 1.29 is 0 Å². The number of rotatable bonds is 3. The van der Waals surface area contributed by atoms with Crippen molar-refractivity contribution in [3.63, 3.8) is 0 Å². The number of thiophene rings is 2. The molecule has 5 heteroatoms. The number of nitrogens with zero attached hydrogens (tertiary/aromatic N) is 3. The SMILES string of the molecule is c1ccc(-c2nc3c(nc2-n2c4cc5ccccc5cc4c4c5ccccc5ccc42)sc2cc(-c4cccc5c4sc4ccccc45)ccc23)cc1. The van der Waals surface area contributed by atoms with E-state index in [4.69, 9.17) is 9.97 Å². The van der Waals surface area contributed by atoms with Crippen molar-refractivity contribution >= 4 is 107 Å². The Morgan fingerprint density at radius 1 is 0.434 bits per heavy atom. The Hall–Kier alpha value is -6.40.